The molecule has 0 spiro atoms. The van der Waals surface area contributed by atoms with Crippen molar-refractivity contribution >= 4 is 27.5 Å². The van der Waals surface area contributed by atoms with Gasteiger partial charge in [0.2, 0.25) is 0 Å². The minimum absolute atomic E-state index is 0.0252. The van der Waals surface area contributed by atoms with Gasteiger partial charge in [-0.15, -0.1) is 0 Å². The molecule has 0 fully saturated rings. The number of H-pyrrole nitrogens is 1. The van der Waals surface area contributed by atoms with Crippen LogP contribution in [0.15, 0.2) is 41.2 Å². The maximum atomic E-state index is 12.3. The second kappa shape index (κ2) is 3.81. The van der Waals surface area contributed by atoms with Crippen molar-refractivity contribution in [3.05, 3.63) is 56.7 Å². The first-order valence-electron chi connectivity index (χ1n) is 5.49. The summed E-state index contributed by atoms with van der Waals surface area (Å²) in [6, 6.07) is 8.47. The number of rotatable bonds is 1. The van der Waals surface area contributed by atoms with Gasteiger partial charge < -0.3 is 10.1 Å². The van der Waals surface area contributed by atoms with Crippen LogP contribution in [0.1, 0.15) is 0 Å². The fraction of sp³-hybridized carbons (Fsp3) is 0. The summed E-state index contributed by atoms with van der Waals surface area (Å²) in [7, 11) is 0. The summed E-state index contributed by atoms with van der Waals surface area (Å²) >= 11 is 0. The van der Waals surface area contributed by atoms with E-state index in [9.17, 15) is 20.0 Å². The Morgan fingerprint density at radius 3 is 2.37 bits per heavy atom. The minimum atomic E-state index is -0.550. The number of nitrogens with one attached hydrogen (secondary N) is 1. The molecule has 0 radical (unpaired) electrons. The quantitative estimate of drug-likeness (QED) is 0.396. The Bertz CT molecular complexity index is 883. The number of pyridine rings is 1. The fourth-order valence-electron chi connectivity index (χ4n) is 2.06. The summed E-state index contributed by atoms with van der Waals surface area (Å²) in [6.45, 7) is 0. The topological polar surface area (TPSA) is 96.2 Å². The number of aromatic nitrogens is 1. The van der Waals surface area contributed by atoms with Crippen LogP contribution in [0.5, 0.6) is 5.75 Å². The molecule has 1 heterocycles. The number of phenols is 1. The Hall–Kier alpha value is -2.89. The van der Waals surface area contributed by atoms with Gasteiger partial charge in [-0.05, 0) is 24.3 Å². The number of aromatic hydroxyl groups is 1. The third-order valence-electron chi connectivity index (χ3n) is 2.98. The van der Waals surface area contributed by atoms with Gasteiger partial charge in [0.1, 0.15) is 5.75 Å². The number of phenolic OH excluding ortho intramolecular Hbond substituents is 1. The lowest BCUT2D eigenvalue weighted by molar-refractivity contribution is -0.384. The largest absolute Gasteiger partial charge is 0.508 e. The van der Waals surface area contributed by atoms with Crippen molar-refractivity contribution in [2.75, 3.05) is 0 Å². The smallest absolute Gasteiger partial charge is 0.270 e. The summed E-state index contributed by atoms with van der Waals surface area (Å²) in [5.41, 5.74) is 0.610. The standard InChI is InChI=1S/C13H8N2O4/c16-8-2-4-12-10(6-8)13(17)9-5-7(15(18)19)1-3-11(9)14-12/h1-6,16H,(H,14,17). The number of non-ortho nitro benzene ring substituents is 1. The van der Waals surface area contributed by atoms with E-state index in [0.29, 0.717) is 16.4 Å². The normalized spacial score (nSPS) is 10.9. The molecular formula is C13H8N2O4. The van der Waals surface area contributed by atoms with Crippen LogP contribution in [0.25, 0.3) is 21.8 Å². The van der Waals surface area contributed by atoms with Crippen molar-refractivity contribution < 1.29 is 10.0 Å². The first-order chi connectivity index (χ1) is 9.06. The zero-order valence-corrected chi connectivity index (χ0v) is 9.58. The molecule has 0 amide bonds. The van der Waals surface area contributed by atoms with Gasteiger partial charge in [-0.3, -0.25) is 14.9 Å². The summed E-state index contributed by atoms with van der Waals surface area (Å²) < 4.78 is 0. The number of hydrogen-bond donors (Lipinski definition) is 2. The number of benzene rings is 2. The van der Waals surface area contributed by atoms with Crippen molar-refractivity contribution in [3.8, 4) is 5.75 Å². The van der Waals surface area contributed by atoms with Crippen LogP contribution in [0.4, 0.5) is 5.69 Å². The van der Waals surface area contributed by atoms with Gasteiger partial charge in [0, 0.05) is 17.5 Å². The molecule has 0 aliphatic carbocycles. The molecule has 0 atom stereocenters. The van der Waals surface area contributed by atoms with Gasteiger partial charge in [-0.1, -0.05) is 0 Å². The minimum Gasteiger partial charge on any atom is -0.508 e. The van der Waals surface area contributed by atoms with E-state index in [1.165, 1.54) is 30.3 Å². The predicted molar refractivity (Wildman–Crippen MR) is 70.4 cm³/mol. The van der Waals surface area contributed by atoms with Gasteiger partial charge in [-0.25, -0.2) is 0 Å². The molecule has 0 bridgehead atoms. The molecule has 2 aromatic carbocycles. The third-order valence-corrected chi connectivity index (χ3v) is 2.98. The lowest BCUT2D eigenvalue weighted by Gasteiger charge is -2.03. The molecule has 1 aromatic heterocycles. The van der Waals surface area contributed by atoms with Gasteiger partial charge in [-0.2, -0.15) is 0 Å². The van der Waals surface area contributed by atoms with E-state index >= 15 is 0 Å². The molecule has 3 aromatic rings. The van der Waals surface area contributed by atoms with Crippen LogP contribution in [0.2, 0.25) is 0 Å². The second-order valence-corrected chi connectivity index (χ2v) is 4.17. The first-order valence-corrected chi connectivity index (χ1v) is 5.49. The summed E-state index contributed by atoms with van der Waals surface area (Å²) in [4.78, 5) is 25.4. The summed E-state index contributed by atoms with van der Waals surface area (Å²) in [6.07, 6.45) is 0. The molecule has 19 heavy (non-hydrogen) atoms. The number of nitrogens with zero attached hydrogens (tertiary/aromatic N) is 1. The number of hydrogen-bond acceptors (Lipinski definition) is 4. The average molecular weight is 256 g/mol. The van der Waals surface area contributed by atoms with E-state index < -0.39 is 4.92 Å². The second-order valence-electron chi connectivity index (χ2n) is 4.17. The molecule has 0 saturated carbocycles. The van der Waals surface area contributed by atoms with Crippen LogP contribution in [0.3, 0.4) is 0 Å². The van der Waals surface area contributed by atoms with E-state index in [0.717, 1.165) is 0 Å². The molecule has 3 rings (SSSR count). The lowest BCUT2D eigenvalue weighted by Crippen LogP contribution is -2.04. The highest BCUT2D eigenvalue weighted by atomic mass is 16.6. The molecule has 0 saturated heterocycles. The molecule has 0 aliphatic rings. The van der Waals surface area contributed by atoms with E-state index in [2.05, 4.69) is 4.98 Å². The fourth-order valence-corrected chi connectivity index (χ4v) is 2.06. The molecule has 6 nitrogen and oxygen atoms in total. The number of nitro groups is 1. The molecule has 0 unspecified atom stereocenters. The van der Waals surface area contributed by atoms with Gasteiger partial charge in [0.15, 0.2) is 5.43 Å². The van der Waals surface area contributed by atoms with Crippen molar-refractivity contribution in [2.45, 2.75) is 0 Å². The van der Waals surface area contributed by atoms with Gasteiger partial charge in [0.05, 0.1) is 21.3 Å². The Morgan fingerprint density at radius 1 is 1.05 bits per heavy atom. The van der Waals surface area contributed by atoms with E-state index in [-0.39, 0.29) is 22.3 Å². The Kier molecular flexibility index (Phi) is 2.25. The van der Waals surface area contributed by atoms with Crippen LogP contribution in [0, 0.1) is 10.1 Å². The zero-order valence-electron chi connectivity index (χ0n) is 9.58. The molecule has 2 N–H and O–H groups in total. The SMILES string of the molecule is O=c1c2cc(O)ccc2[nH]c2ccc([N+](=O)[O-])cc12. The van der Waals surface area contributed by atoms with E-state index in [1.54, 1.807) is 6.07 Å². The molecule has 6 heteroatoms. The average Bonchev–Trinajstić information content (AvgIpc) is 2.39. The number of aromatic amines is 1. The highest BCUT2D eigenvalue weighted by Gasteiger charge is 2.11. The van der Waals surface area contributed by atoms with Crippen molar-refractivity contribution in [1.29, 1.82) is 0 Å². The Labute approximate surface area is 106 Å². The molecule has 0 aliphatic heterocycles. The number of nitro benzene ring substituents is 1. The van der Waals surface area contributed by atoms with Crippen molar-refractivity contribution in [2.24, 2.45) is 0 Å². The van der Waals surface area contributed by atoms with Gasteiger partial charge >= 0.3 is 0 Å². The van der Waals surface area contributed by atoms with Gasteiger partial charge in [0.25, 0.3) is 5.69 Å². The van der Waals surface area contributed by atoms with E-state index in [1.807, 2.05) is 0 Å². The highest BCUT2D eigenvalue weighted by Crippen LogP contribution is 2.21. The maximum Gasteiger partial charge on any atom is 0.270 e. The number of fused-ring (bicyclic) bond motifs is 2. The molecular weight excluding hydrogens is 248 g/mol. The van der Waals surface area contributed by atoms with Crippen molar-refractivity contribution in [1.82, 2.24) is 4.98 Å². The third kappa shape index (κ3) is 1.70. The maximum absolute atomic E-state index is 12.3. The Morgan fingerprint density at radius 2 is 1.68 bits per heavy atom. The monoisotopic (exact) mass is 256 g/mol. The summed E-state index contributed by atoms with van der Waals surface area (Å²) in [5.74, 6) is -0.0252. The highest BCUT2D eigenvalue weighted by molar-refractivity contribution is 5.93. The van der Waals surface area contributed by atoms with Crippen LogP contribution >= 0.6 is 0 Å². The summed E-state index contributed by atoms with van der Waals surface area (Å²) in [5, 5.41) is 20.7. The molecule has 94 valence electrons. The van der Waals surface area contributed by atoms with Crippen LogP contribution < -0.4 is 5.43 Å². The zero-order chi connectivity index (χ0) is 13.6. The predicted octanol–water partition coefficient (Wildman–Crippen LogP) is 2.30. The van der Waals surface area contributed by atoms with E-state index in [4.69, 9.17) is 0 Å². The lowest BCUT2D eigenvalue weighted by atomic mass is 10.1. The van der Waals surface area contributed by atoms with Crippen molar-refractivity contribution in [3.63, 3.8) is 0 Å². The Balaban J connectivity index is 2.48. The van der Waals surface area contributed by atoms with Crippen LogP contribution in [-0.4, -0.2) is 15.0 Å². The van der Waals surface area contributed by atoms with Crippen LogP contribution in [-0.2, 0) is 0 Å². The first kappa shape index (κ1) is 11.2.